The average Bonchev–Trinajstić information content (AvgIpc) is 2.75. The van der Waals surface area contributed by atoms with Crippen LogP contribution in [-0.4, -0.2) is 43.4 Å². The average molecular weight is 493 g/mol. The van der Waals surface area contributed by atoms with Gasteiger partial charge in [0, 0.05) is 22.9 Å². The number of ketones is 1. The minimum Gasteiger partial charge on any atom is -1.00 e. The first-order chi connectivity index (χ1) is 15.7. The van der Waals surface area contributed by atoms with Crippen molar-refractivity contribution in [3.63, 3.8) is 0 Å². The second kappa shape index (κ2) is 14.6. The van der Waals surface area contributed by atoms with E-state index in [0.29, 0.717) is 22.3 Å². The van der Waals surface area contributed by atoms with E-state index in [1.165, 1.54) is 50.3 Å². The molecular formula is C27H35ClF2N2O2. The summed E-state index contributed by atoms with van der Waals surface area (Å²) in [5.74, 6) is -1.78. The van der Waals surface area contributed by atoms with Gasteiger partial charge in [-0.25, -0.2) is 8.78 Å². The molecule has 0 heterocycles. The molecule has 1 amide bonds. The zero-order chi connectivity index (χ0) is 24.3. The van der Waals surface area contributed by atoms with E-state index in [1.807, 2.05) is 0 Å². The molecule has 0 aliphatic heterocycles. The molecule has 0 atom stereocenters. The summed E-state index contributed by atoms with van der Waals surface area (Å²) in [6.07, 6.45) is 9.92. The quantitative estimate of drug-likeness (QED) is 0.202. The van der Waals surface area contributed by atoms with Crippen LogP contribution in [0, 0.1) is 11.6 Å². The number of carbonyl (C=O) groups is 2. The van der Waals surface area contributed by atoms with Crippen LogP contribution < -0.4 is 17.7 Å². The largest absolute Gasteiger partial charge is 1.00 e. The third-order valence-corrected chi connectivity index (χ3v) is 5.52. The summed E-state index contributed by atoms with van der Waals surface area (Å²) in [5, 5.41) is 2.88. The molecule has 1 N–H and O–H groups in total. The molecular weight excluding hydrogens is 458 g/mol. The molecule has 34 heavy (non-hydrogen) atoms. The van der Waals surface area contributed by atoms with Crippen molar-refractivity contribution in [2.45, 2.75) is 45.4 Å². The Hall–Kier alpha value is -2.57. The van der Waals surface area contributed by atoms with Gasteiger partial charge in [0.1, 0.15) is 11.6 Å². The van der Waals surface area contributed by atoms with Gasteiger partial charge in [-0.1, -0.05) is 32.6 Å². The third kappa shape index (κ3) is 10.6. The van der Waals surface area contributed by atoms with Gasteiger partial charge in [0.2, 0.25) is 0 Å². The Morgan fingerprint density at radius 2 is 1.59 bits per heavy atom. The van der Waals surface area contributed by atoms with Crippen LogP contribution in [0.2, 0.25) is 0 Å². The normalized spacial score (nSPS) is 11.3. The maximum absolute atomic E-state index is 13.7. The number of amides is 1. The Bertz CT molecular complexity index is 960. The van der Waals surface area contributed by atoms with E-state index in [9.17, 15) is 18.4 Å². The third-order valence-electron chi connectivity index (χ3n) is 5.52. The van der Waals surface area contributed by atoms with Crippen molar-refractivity contribution in [1.82, 2.24) is 0 Å². The molecule has 0 aromatic heterocycles. The first-order valence-electron chi connectivity index (χ1n) is 11.6. The van der Waals surface area contributed by atoms with Crippen molar-refractivity contribution < 1.29 is 35.3 Å². The number of benzene rings is 2. The van der Waals surface area contributed by atoms with Crippen molar-refractivity contribution in [3.8, 4) is 0 Å². The van der Waals surface area contributed by atoms with Gasteiger partial charge in [-0.2, -0.15) is 0 Å². The molecule has 0 unspecified atom stereocenters. The molecule has 0 spiro atoms. The molecule has 0 aliphatic carbocycles. The Kier molecular flexibility index (Phi) is 12.7. The molecule has 7 heteroatoms. The van der Waals surface area contributed by atoms with Crippen LogP contribution in [0.25, 0.3) is 6.08 Å². The summed E-state index contributed by atoms with van der Waals surface area (Å²) in [6, 6.07) is 9.75. The monoisotopic (exact) mass is 492 g/mol. The number of allylic oxidation sites excluding steroid dienone is 1. The molecule has 2 rings (SSSR count). The summed E-state index contributed by atoms with van der Waals surface area (Å²) in [7, 11) is 4.12. The number of carbonyl (C=O) groups excluding carboxylic acids is 2. The van der Waals surface area contributed by atoms with Crippen molar-refractivity contribution in [2.24, 2.45) is 0 Å². The molecule has 0 saturated heterocycles. The number of hydrogen-bond donors (Lipinski definition) is 1. The van der Waals surface area contributed by atoms with E-state index in [0.717, 1.165) is 25.1 Å². The highest BCUT2D eigenvalue weighted by Gasteiger charge is 2.19. The van der Waals surface area contributed by atoms with Crippen LogP contribution in [0.1, 0.15) is 61.4 Å². The van der Waals surface area contributed by atoms with E-state index in [2.05, 4.69) is 26.3 Å². The van der Waals surface area contributed by atoms with E-state index < -0.39 is 11.6 Å². The highest BCUT2D eigenvalue weighted by Crippen LogP contribution is 2.15. The number of nitrogens with one attached hydrogen (secondary N) is 1. The Morgan fingerprint density at radius 3 is 2.24 bits per heavy atom. The summed E-state index contributed by atoms with van der Waals surface area (Å²) >= 11 is 0. The van der Waals surface area contributed by atoms with Crippen molar-refractivity contribution >= 4 is 23.5 Å². The molecule has 0 bridgehead atoms. The number of hydrogen-bond acceptors (Lipinski definition) is 2. The zero-order valence-corrected chi connectivity index (χ0v) is 21.0. The van der Waals surface area contributed by atoms with Gasteiger partial charge in [0.05, 0.1) is 20.6 Å². The fraction of sp³-hybridized carbons (Fsp3) is 0.407. The van der Waals surface area contributed by atoms with Crippen molar-refractivity contribution in [3.05, 3.63) is 71.3 Å². The molecule has 0 aliphatic rings. The Morgan fingerprint density at radius 1 is 0.941 bits per heavy atom. The predicted molar refractivity (Wildman–Crippen MR) is 130 cm³/mol. The van der Waals surface area contributed by atoms with Gasteiger partial charge in [-0.05, 0) is 61.4 Å². The highest BCUT2D eigenvalue weighted by molar-refractivity contribution is 6.07. The smallest absolute Gasteiger partial charge is 0.279 e. The van der Waals surface area contributed by atoms with Crippen LogP contribution in [0.5, 0.6) is 0 Å². The molecule has 0 fully saturated rings. The molecule has 0 radical (unpaired) electrons. The van der Waals surface area contributed by atoms with Gasteiger partial charge in [0.15, 0.2) is 12.3 Å². The molecule has 4 nitrogen and oxygen atoms in total. The fourth-order valence-electron chi connectivity index (χ4n) is 3.60. The fourth-order valence-corrected chi connectivity index (χ4v) is 3.60. The van der Waals surface area contributed by atoms with Crippen LogP contribution in [0.3, 0.4) is 0 Å². The minimum absolute atomic E-state index is 0. The minimum atomic E-state index is -0.727. The number of anilines is 1. The van der Waals surface area contributed by atoms with Crippen LogP contribution >= 0.6 is 0 Å². The number of halogens is 3. The highest BCUT2D eigenvalue weighted by atomic mass is 35.5. The predicted octanol–water partition coefficient (Wildman–Crippen LogP) is 3.24. The number of quaternary nitrogens is 1. The van der Waals surface area contributed by atoms with Crippen LogP contribution in [-0.2, 0) is 4.79 Å². The maximum Gasteiger partial charge on any atom is 0.279 e. The Labute approximate surface area is 208 Å². The summed E-state index contributed by atoms with van der Waals surface area (Å²) in [4.78, 5) is 24.8. The number of likely N-dealkylation sites (N-methyl/N-ethyl adjacent to an activating group) is 1. The van der Waals surface area contributed by atoms with Gasteiger partial charge in [-0.3, -0.25) is 9.59 Å². The maximum atomic E-state index is 13.7. The number of unbranched alkanes of at least 4 members (excludes halogenated alkanes) is 5. The molecule has 0 saturated carbocycles. The molecule has 186 valence electrons. The second-order valence-corrected chi connectivity index (χ2v) is 9.07. The van der Waals surface area contributed by atoms with Gasteiger partial charge in [-0.15, -0.1) is 0 Å². The lowest BCUT2D eigenvalue weighted by Gasteiger charge is -2.29. The number of rotatable bonds is 13. The first kappa shape index (κ1) is 29.5. The standard InChI is InChI=1S/C27H34F2N2O2.ClH/c1-4-5-6-7-8-9-18-31(2,3)20-27(33)30-24-15-11-22(12-16-24)26(32)17-13-21-10-14-23(28)19-25(21)29;/h10-17,19H,4-9,18,20H2,1-3H3;1H/b17-13+;. The SMILES string of the molecule is CCCCCCCC[N+](C)(C)CC(=O)Nc1ccc(C(=O)/C=C/c2ccc(F)cc2F)cc1.[Cl-]. The van der Waals surface area contributed by atoms with Gasteiger partial charge < -0.3 is 22.2 Å². The summed E-state index contributed by atoms with van der Waals surface area (Å²) < 4.78 is 27.3. The lowest BCUT2D eigenvalue weighted by molar-refractivity contribution is -0.882. The van der Waals surface area contributed by atoms with Gasteiger partial charge in [0.25, 0.3) is 5.91 Å². The number of nitrogens with zero attached hydrogens (tertiary/aromatic N) is 1. The van der Waals surface area contributed by atoms with E-state index in [1.54, 1.807) is 24.3 Å². The molecule has 2 aromatic carbocycles. The van der Waals surface area contributed by atoms with Crippen LogP contribution in [0.4, 0.5) is 14.5 Å². The van der Waals surface area contributed by atoms with E-state index in [-0.39, 0.29) is 29.7 Å². The second-order valence-electron chi connectivity index (χ2n) is 9.07. The van der Waals surface area contributed by atoms with Gasteiger partial charge >= 0.3 is 0 Å². The molecule has 2 aromatic rings. The topological polar surface area (TPSA) is 46.2 Å². The van der Waals surface area contributed by atoms with E-state index in [4.69, 9.17) is 0 Å². The summed E-state index contributed by atoms with van der Waals surface area (Å²) in [6.45, 7) is 3.54. The summed E-state index contributed by atoms with van der Waals surface area (Å²) in [5.41, 5.74) is 1.16. The first-order valence-corrected chi connectivity index (χ1v) is 11.6. The van der Waals surface area contributed by atoms with Crippen LogP contribution in [0.15, 0.2) is 48.5 Å². The van der Waals surface area contributed by atoms with E-state index >= 15 is 0 Å². The zero-order valence-electron chi connectivity index (χ0n) is 20.3. The van der Waals surface area contributed by atoms with Crippen molar-refractivity contribution in [1.29, 1.82) is 0 Å². The lowest BCUT2D eigenvalue weighted by Crippen LogP contribution is -3.00. The van der Waals surface area contributed by atoms with Crippen molar-refractivity contribution in [2.75, 3.05) is 32.5 Å². The lowest BCUT2D eigenvalue weighted by atomic mass is 10.1. The Balaban J connectivity index is 0.00000578.